The molecule has 2 N–H and O–H groups in total. The van der Waals surface area contributed by atoms with Crippen molar-refractivity contribution in [3.8, 4) is 0 Å². The standard InChI is InChI=1S/C15H25N3O2/c1-11(2)14-16-7-9-18(14)8-6-13(20)17-15(3,10-19)12-4-5-12/h7,9,11-12,19H,4-6,8,10H2,1-3H3,(H,17,20). The molecule has 1 aromatic heterocycles. The second-order valence-corrected chi connectivity index (χ2v) is 6.28. The van der Waals surface area contributed by atoms with Crippen molar-refractivity contribution >= 4 is 5.91 Å². The molecular weight excluding hydrogens is 254 g/mol. The molecule has 1 atom stereocenters. The molecule has 0 radical (unpaired) electrons. The van der Waals surface area contributed by atoms with Crippen molar-refractivity contribution < 1.29 is 9.90 Å². The molecule has 1 unspecified atom stereocenters. The van der Waals surface area contributed by atoms with Crippen LogP contribution < -0.4 is 5.32 Å². The Morgan fingerprint density at radius 1 is 1.60 bits per heavy atom. The fourth-order valence-electron chi connectivity index (χ4n) is 2.60. The Bertz CT molecular complexity index is 465. The lowest BCUT2D eigenvalue weighted by Crippen LogP contribution is -2.50. The van der Waals surface area contributed by atoms with E-state index >= 15 is 0 Å². The van der Waals surface area contributed by atoms with Gasteiger partial charge in [-0.2, -0.15) is 0 Å². The van der Waals surface area contributed by atoms with Crippen molar-refractivity contribution in [2.45, 2.75) is 58.0 Å². The highest BCUT2D eigenvalue weighted by molar-refractivity contribution is 5.76. The highest BCUT2D eigenvalue weighted by Gasteiger charge is 2.41. The van der Waals surface area contributed by atoms with Gasteiger partial charge in [0, 0.05) is 31.3 Å². The number of aryl methyl sites for hydroxylation is 1. The monoisotopic (exact) mass is 279 g/mol. The van der Waals surface area contributed by atoms with Crippen LogP contribution in [0.3, 0.4) is 0 Å². The first kappa shape index (κ1) is 15.0. The smallest absolute Gasteiger partial charge is 0.222 e. The number of rotatable bonds is 7. The molecule has 1 fully saturated rings. The maximum Gasteiger partial charge on any atom is 0.222 e. The minimum atomic E-state index is -0.451. The number of hydrogen-bond donors (Lipinski definition) is 2. The van der Waals surface area contributed by atoms with Crippen molar-refractivity contribution in [2.75, 3.05) is 6.61 Å². The van der Waals surface area contributed by atoms with Gasteiger partial charge in [0.15, 0.2) is 0 Å². The van der Waals surface area contributed by atoms with E-state index in [0.717, 1.165) is 18.7 Å². The average molecular weight is 279 g/mol. The number of carbonyl (C=O) groups is 1. The molecular formula is C15H25N3O2. The van der Waals surface area contributed by atoms with E-state index in [0.29, 0.717) is 24.8 Å². The molecule has 1 saturated carbocycles. The number of hydrogen-bond acceptors (Lipinski definition) is 3. The zero-order valence-corrected chi connectivity index (χ0v) is 12.6. The minimum Gasteiger partial charge on any atom is -0.394 e. The zero-order valence-electron chi connectivity index (χ0n) is 12.6. The third kappa shape index (κ3) is 3.39. The zero-order chi connectivity index (χ0) is 14.8. The maximum atomic E-state index is 12.1. The quantitative estimate of drug-likeness (QED) is 0.798. The van der Waals surface area contributed by atoms with Gasteiger partial charge < -0.3 is 15.0 Å². The van der Waals surface area contributed by atoms with Gasteiger partial charge in [-0.05, 0) is 25.7 Å². The van der Waals surface area contributed by atoms with E-state index in [9.17, 15) is 9.90 Å². The van der Waals surface area contributed by atoms with Crippen LogP contribution in [0.15, 0.2) is 12.4 Å². The van der Waals surface area contributed by atoms with Crippen LogP contribution in [0.2, 0.25) is 0 Å². The van der Waals surface area contributed by atoms with Gasteiger partial charge >= 0.3 is 0 Å². The van der Waals surface area contributed by atoms with E-state index in [1.54, 1.807) is 6.20 Å². The Balaban J connectivity index is 1.87. The lowest BCUT2D eigenvalue weighted by molar-refractivity contribution is -0.124. The predicted molar refractivity (Wildman–Crippen MR) is 77.3 cm³/mol. The van der Waals surface area contributed by atoms with Gasteiger partial charge in [-0.15, -0.1) is 0 Å². The molecule has 0 spiro atoms. The Morgan fingerprint density at radius 2 is 2.30 bits per heavy atom. The number of aliphatic hydroxyl groups is 1. The summed E-state index contributed by atoms with van der Waals surface area (Å²) in [5, 5.41) is 12.5. The molecule has 5 heteroatoms. The molecule has 20 heavy (non-hydrogen) atoms. The van der Waals surface area contributed by atoms with Gasteiger partial charge in [-0.3, -0.25) is 4.79 Å². The molecule has 1 heterocycles. The van der Waals surface area contributed by atoms with Crippen LogP contribution in [-0.4, -0.2) is 32.7 Å². The van der Waals surface area contributed by atoms with Crippen molar-refractivity contribution in [1.82, 2.24) is 14.9 Å². The normalized spacial score (nSPS) is 18.1. The van der Waals surface area contributed by atoms with Crippen LogP contribution in [-0.2, 0) is 11.3 Å². The Kier molecular flexibility index (Phi) is 4.48. The molecule has 1 aromatic rings. The summed E-state index contributed by atoms with van der Waals surface area (Å²) >= 11 is 0. The molecule has 5 nitrogen and oxygen atoms in total. The van der Waals surface area contributed by atoms with Crippen LogP contribution >= 0.6 is 0 Å². The van der Waals surface area contributed by atoms with Crippen LogP contribution in [0.1, 0.15) is 51.8 Å². The lowest BCUT2D eigenvalue weighted by atomic mass is 9.97. The molecule has 0 aromatic carbocycles. The average Bonchev–Trinajstić information content (AvgIpc) is 3.15. The van der Waals surface area contributed by atoms with Gasteiger partial charge in [0.1, 0.15) is 5.82 Å². The van der Waals surface area contributed by atoms with Crippen LogP contribution in [0.4, 0.5) is 0 Å². The van der Waals surface area contributed by atoms with E-state index in [-0.39, 0.29) is 12.5 Å². The second-order valence-electron chi connectivity index (χ2n) is 6.28. The van der Waals surface area contributed by atoms with E-state index in [1.807, 2.05) is 17.7 Å². The van der Waals surface area contributed by atoms with Crippen LogP contribution in [0.5, 0.6) is 0 Å². The van der Waals surface area contributed by atoms with E-state index in [2.05, 4.69) is 24.1 Å². The van der Waals surface area contributed by atoms with Gasteiger partial charge in [-0.1, -0.05) is 13.8 Å². The predicted octanol–water partition coefficient (Wildman–Crippen LogP) is 1.67. The Hall–Kier alpha value is -1.36. The summed E-state index contributed by atoms with van der Waals surface area (Å²) in [6.45, 7) is 6.75. The molecule has 1 aliphatic carbocycles. The molecule has 1 amide bonds. The summed E-state index contributed by atoms with van der Waals surface area (Å²) in [5.74, 6) is 1.78. The lowest BCUT2D eigenvalue weighted by Gasteiger charge is -2.28. The number of amides is 1. The first-order valence-corrected chi connectivity index (χ1v) is 7.39. The summed E-state index contributed by atoms with van der Waals surface area (Å²) in [7, 11) is 0. The first-order chi connectivity index (χ1) is 9.46. The summed E-state index contributed by atoms with van der Waals surface area (Å²) in [6.07, 6.45) is 6.29. The summed E-state index contributed by atoms with van der Waals surface area (Å²) < 4.78 is 2.03. The molecule has 112 valence electrons. The van der Waals surface area contributed by atoms with Crippen LogP contribution in [0.25, 0.3) is 0 Å². The van der Waals surface area contributed by atoms with Gasteiger partial charge in [0.25, 0.3) is 0 Å². The fraction of sp³-hybridized carbons (Fsp3) is 0.733. The number of aromatic nitrogens is 2. The third-order valence-corrected chi connectivity index (χ3v) is 4.08. The second kappa shape index (κ2) is 5.95. The van der Waals surface area contributed by atoms with Crippen molar-refractivity contribution in [3.63, 3.8) is 0 Å². The summed E-state index contributed by atoms with van der Waals surface area (Å²) in [4.78, 5) is 16.4. The third-order valence-electron chi connectivity index (χ3n) is 4.08. The van der Waals surface area contributed by atoms with E-state index in [1.165, 1.54) is 0 Å². The molecule has 0 aliphatic heterocycles. The topological polar surface area (TPSA) is 67.2 Å². The maximum absolute atomic E-state index is 12.1. The number of nitrogens with one attached hydrogen (secondary N) is 1. The number of carbonyl (C=O) groups excluding carboxylic acids is 1. The summed E-state index contributed by atoms with van der Waals surface area (Å²) in [5.41, 5.74) is -0.451. The largest absolute Gasteiger partial charge is 0.394 e. The molecule has 2 rings (SSSR count). The Labute approximate surface area is 120 Å². The van der Waals surface area contributed by atoms with Crippen molar-refractivity contribution in [1.29, 1.82) is 0 Å². The van der Waals surface area contributed by atoms with Crippen LogP contribution in [0, 0.1) is 5.92 Å². The summed E-state index contributed by atoms with van der Waals surface area (Å²) in [6, 6.07) is 0. The Morgan fingerprint density at radius 3 is 2.85 bits per heavy atom. The molecule has 0 bridgehead atoms. The first-order valence-electron chi connectivity index (χ1n) is 7.39. The van der Waals surface area contributed by atoms with Crippen molar-refractivity contribution in [3.05, 3.63) is 18.2 Å². The highest BCUT2D eigenvalue weighted by atomic mass is 16.3. The van der Waals surface area contributed by atoms with Gasteiger partial charge in [-0.25, -0.2) is 4.98 Å². The van der Waals surface area contributed by atoms with Gasteiger partial charge in [0.05, 0.1) is 12.1 Å². The van der Waals surface area contributed by atoms with E-state index < -0.39 is 5.54 Å². The SMILES string of the molecule is CC(C)c1nccn1CCC(=O)NC(C)(CO)C1CC1. The number of imidazole rings is 1. The van der Waals surface area contributed by atoms with Crippen molar-refractivity contribution in [2.24, 2.45) is 5.92 Å². The number of nitrogens with zero attached hydrogens (tertiary/aromatic N) is 2. The van der Waals surface area contributed by atoms with E-state index in [4.69, 9.17) is 0 Å². The highest BCUT2D eigenvalue weighted by Crippen LogP contribution is 2.39. The minimum absolute atomic E-state index is 0.00291. The molecule has 1 aliphatic rings. The number of aliphatic hydroxyl groups excluding tert-OH is 1. The fourth-order valence-corrected chi connectivity index (χ4v) is 2.60. The molecule has 0 saturated heterocycles. The van der Waals surface area contributed by atoms with Gasteiger partial charge in [0.2, 0.25) is 5.91 Å².